The first-order valence-electron chi connectivity index (χ1n) is 10.7. The van der Waals surface area contributed by atoms with Crippen LogP contribution in [0.3, 0.4) is 0 Å². The summed E-state index contributed by atoms with van der Waals surface area (Å²) in [6.45, 7) is 2.05. The first kappa shape index (κ1) is 25.8. The molecule has 33 heavy (non-hydrogen) atoms. The maximum atomic E-state index is 12.7. The molecule has 7 nitrogen and oxygen atoms in total. The molecule has 0 unspecified atom stereocenters. The van der Waals surface area contributed by atoms with Gasteiger partial charge in [-0.2, -0.15) is 0 Å². The van der Waals surface area contributed by atoms with Gasteiger partial charge >= 0.3 is 5.97 Å². The van der Waals surface area contributed by atoms with Crippen molar-refractivity contribution in [1.82, 2.24) is 0 Å². The summed E-state index contributed by atoms with van der Waals surface area (Å²) in [6, 6.07) is 4.58. The van der Waals surface area contributed by atoms with Gasteiger partial charge in [-0.25, -0.2) is 13.2 Å². The molecule has 11 heteroatoms. The van der Waals surface area contributed by atoms with Crippen LogP contribution < -0.4 is 9.62 Å². The molecule has 0 radical (unpaired) electrons. The Morgan fingerprint density at radius 3 is 2.64 bits per heavy atom. The van der Waals surface area contributed by atoms with Crippen LogP contribution in [0.1, 0.15) is 53.4 Å². The molecule has 0 fully saturated rings. The summed E-state index contributed by atoms with van der Waals surface area (Å²) in [5.41, 5.74) is 1.69. The van der Waals surface area contributed by atoms with Gasteiger partial charge < -0.3 is 10.1 Å². The number of halogens is 2. The largest absolute Gasteiger partial charge is 0.462 e. The zero-order valence-corrected chi connectivity index (χ0v) is 21.6. The molecule has 1 N–H and O–H groups in total. The number of carbonyl (C=O) groups excluding carboxylic acids is 2. The number of ether oxygens (including phenoxy) is 1. The molecule has 1 aliphatic rings. The first-order chi connectivity index (χ1) is 15.6. The van der Waals surface area contributed by atoms with Crippen LogP contribution in [0.25, 0.3) is 0 Å². The lowest BCUT2D eigenvalue weighted by molar-refractivity contribution is -0.116. The Balaban J connectivity index is 1.70. The standard InChI is InChI=1S/C22H26Cl2N2O5S2/c1-3-31-22(28)20-15-7-4-5-8-18(15)32-21(20)25-19(27)9-6-12-26(33(2,29)30)17-13-14(23)10-11-16(17)24/h10-11,13H,3-9,12H2,1-2H3,(H,25,27). The molecule has 0 saturated heterocycles. The number of anilines is 2. The fourth-order valence-corrected chi connectivity index (χ4v) is 6.49. The van der Waals surface area contributed by atoms with Crippen molar-refractivity contribution in [3.63, 3.8) is 0 Å². The van der Waals surface area contributed by atoms with Gasteiger partial charge in [-0.05, 0) is 62.8 Å². The van der Waals surface area contributed by atoms with E-state index >= 15 is 0 Å². The number of rotatable bonds is 9. The number of nitrogens with zero attached hydrogens (tertiary/aromatic N) is 1. The van der Waals surface area contributed by atoms with Crippen LogP contribution in [0.4, 0.5) is 10.7 Å². The highest BCUT2D eigenvalue weighted by atomic mass is 35.5. The van der Waals surface area contributed by atoms with Crippen LogP contribution >= 0.6 is 34.5 Å². The Bertz CT molecular complexity index is 1150. The summed E-state index contributed by atoms with van der Waals surface area (Å²) in [4.78, 5) is 26.3. The number of thiophene rings is 1. The van der Waals surface area contributed by atoms with Crippen LogP contribution in [-0.2, 0) is 32.4 Å². The van der Waals surface area contributed by atoms with Crippen molar-refractivity contribution in [3.05, 3.63) is 44.2 Å². The molecule has 0 atom stereocenters. The molecule has 180 valence electrons. The topological polar surface area (TPSA) is 92.8 Å². The first-order valence-corrected chi connectivity index (χ1v) is 14.1. The molecule has 1 aromatic carbocycles. The number of benzene rings is 1. The Hall–Kier alpha value is -1.81. The number of esters is 1. The normalized spacial score (nSPS) is 13.3. The highest BCUT2D eigenvalue weighted by molar-refractivity contribution is 7.92. The van der Waals surface area contributed by atoms with E-state index in [1.807, 2.05) is 0 Å². The third kappa shape index (κ3) is 6.41. The van der Waals surface area contributed by atoms with E-state index in [2.05, 4.69) is 5.32 Å². The minimum Gasteiger partial charge on any atom is -0.462 e. The van der Waals surface area contributed by atoms with E-state index in [4.69, 9.17) is 27.9 Å². The quantitative estimate of drug-likeness (QED) is 0.442. The van der Waals surface area contributed by atoms with Gasteiger partial charge in [0.2, 0.25) is 15.9 Å². The summed E-state index contributed by atoms with van der Waals surface area (Å²) in [6.07, 6.45) is 5.11. The van der Waals surface area contributed by atoms with E-state index in [1.165, 1.54) is 23.5 Å². The molecule has 1 aliphatic carbocycles. The van der Waals surface area contributed by atoms with Crippen molar-refractivity contribution in [2.24, 2.45) is 0 Å². The van der Waals surface area contributed by atoms with Gasteiger partial charge in [-0.3, -0.25) is 9.10 Å². The fraction of sp³-hybridized carbons (Fsp3) is 0.455. The minimum atomic E-state index is -3.64. The van der Waals surface area contributed by atoms with Crippen molar-refractivity contribution in [1.29, 1.82) is 0 Å². The summed E-state index contributed by atoms with van der Waals surface area (Å²) < 4.78 is 31.0. The number of hydrogen-bond donors (Lipinski definition) is 1. The molecule has 0 spiro atoms. The van der Waals surface area contributed by atoms with Gasteiger partial charge in [0.1, 0.15) is 5.00 Å². The molecule has 2 aromatic rings. The van der Waals surface area contributed by atoms with Gasteiger partial charge in [0, 0.05) is 22.9 Å². The molecule has 0 aliphatic heterocycles. The average molecular weight is 533 g/mol. The lowest BCUT2D eigenvalue weighted by Gasteiger charge is -2.23. The number of nitrogens with one attached hydrogen (secondary N) is 1. The second-order valence-corrected chi connectivity index (χ2v) is 11.6. The molecule has 1 amide bonds. The van der Waals surface area contributed by atoms with Gasteiger partial charge in [-0.15, -0.1) is 11.3 Å². The average Bonchev–Trinajstić information content (AvgIpc) is 3.10. The van der Waals surface area contributed by atoms with Crippen LogP contribution in [0.2, 0.25) is 10.0 Å². The Morgan fingerprint density at radius 1 is 1.21 bits per heavy atom. The maximum Gasteiger partial charge on any atom is 0.341 e. The van der Waals surface area contributed by atoms with Crippen molar-refractivity contribution in [2.75, 3.05) is 29.0 Å². The predicted octanol–water partition coefficient (Wildman–Crippen LogP) is 5.30. The fourth-order valence-electron chi connectivity index (χ4n) is 3.79. The lowest BCUT2D eigenvalue weighted by Crippen LogP contribution is -2.31. The number of sulfonamides is 1. The van der Waals surface area contributed by atoms with Crippen LogP contribution in [-0.4, -0.2) is 39.7 Å². The Labute approximate surface area is 208 Å². The lowest BCUT2D eigenvalue weighted by atomic mass is 9.95. The van der Waals surface area contributed by atoms with Crippen LogP contribution in [0.5, 0.6) is 0 Å². The van der Waals surface area contributed by atoms with Gasteiger partial charge in [0.15, 0.2) is 0 Å². The molecule has 0 saturated carbocycles. The van der Waals surface area contributed by atoms with E-state index in [-0.39, 0.29) is 42.6 Å². The van der Waals surface area contributed by atoms with Gasteiger partial charge in [0.05, 0.1) is 29.1 Å². The van der Waals surface area contributed by atoms with Crippen molar-refractivity contribution in [2.45, 2.75) is 45.4 Å². The summed E-state index contributed by atoms with van der Waals surface area (Å²) in [5, 5.41) is 3.95. The highest BCUT2D eigenvalue weighted by Gasteiger charge is 2.27. The number of fused-ring (bicyclic) bond motifs is 1. The molecule has 1 aromatic heterocycles. The smallest absolute Gasteiger partial charge is 0.341 e. The van der Waals surface area contributed by atoms with E-state index in [9.17, 15) is 18.0 Å². The third-order valence-electron chi connectivity index (χ3n) is 5.25. The Kier molecular flexibility index (Phi) is 8.66. The molecule has 3 rings (SSSR count). The second-order valence-electron chi connectivity index (χ2n) is 7.72. The Morgan fingerprint density at radius 2 is 1.94 bits per heavy atom. The molecule has 1 heterocycles. The number of aryl methyl sites for hydroxylation is 1. The molecular formula is C22H26Cl2N2O5S2. The second kappa shape index (κ2) is 11.1. The number of carbonyl (C=O) groups is 2. The highest BCUT2D eigenvalue weighted by Crippen LogP contribution is 2.38. The van der Waals surface area contributed by atoms with Crippen LogP contribution in [0, 0.1) is 0 Å². The van der Waals surface area contributed by atoms with E-state index in [0.717, 1.165) is 46.7 Å². The summed E-state index contributed by atoms with van der Waals surface area (Å²) in [7, 11) is -3.64. The van der Waals surface area contributed by atoms with Gasteiger partial charge in [0.25, 0.3) is 0 Å². The number of amides is 1. The monoisotopic (exact) mass is 532 g/mol. The van der Waals surface area contributed by atoms with E-state index in [0.29, 0.717) is 15.6 Å². The van der Waals surface area contributed by atoms with Gasteiger partial charge in [-0.1, -0.05) is 23.2 Å². The maximum absolute atomic E-state index is 12.7. The van der Waals surface area contributed by atoms with E-state index < -0.39 is 16.0 Å². The summed E-state index contributed by atoms with van der Waals surface area (Å²) >= 11 is 13.6. The zero-order chi connectivity index (χ0) is 24.2. The predicted molar refractivity (Wildman–Crippen MR) is 133 cm³/mol. The minimum absolute atomic E-state index is 0.0536. The molecular weight excluding hydrogens is 507 g/mol. The molecule has 0 bridgehead atoms. The van der Waals surface area contributed by atoms with E-state index in [1.54, 1.807) is 13.0 Å². The number of hydrogen-bond acceptors (Lipinski definition) is 6. The third-order valence-corrected chi connectivity index (χ3v) is 8.19. The van der Waals surface area contributed by atoms with Crippen molar-refractivity contribution in [3.8, 4) is 0 Å². The van der Waals surface area contributed by atoms with Crippen LogP contribution in [0.15, 0.2) is 18.2 Å². The SMILES string of the molecule is CCOC(=O)c1c(NC(=O)CCCN(c2cc(Cl)ccc2Cl)S(C)(=O)=O)sc2c1CCCC2. The zero-order valence-electron chi connectivity index (χ0n) is 18.4. The summed E-state index contributed by atoms with van der Waals surface area (Å²) in [5.74, 6) is -0.726. The van der Waals surface area contributed by atoms with Crippen molar-refractivity contribution < 1.29 is 22.7 Å². The van der Waals surface area contributed by atoms with Crippen molar-refractivity contribution >= 4 is 67.1 Å².